The molecule has 2 aromatic rings. The normalized spacial score (nSPS) is 21.1. The van der Waals surface area contributed by atoms with Gasteiger partial charge in [0.05, 0.1) is 18.2 Å². The summed E-state index contributed by atoms with van der Waals surface area (Å²) < 4.78 is 7.24. The molecule has 0 radical (unpaired) electrons. The molecule has 0 saturated carbocycles. The zero-order valence-electron chi connectivity index (χ0n) is 14.1. The number of rotatable bonds is 4. The van der Waals surface area contributed by atoms with Crippen LogP contribution in [0, 0.1) is 12.8 Å². The van der Waals surface area contributed by atoms with Crippen molar-refractivity contribution in [2.45, 2.75) is 32.4 Å². The summed E-state index contributed by atoms with van der Waals surface area (Å²) in [6.07, 6.45) is 4.43. The van der Waals surface area contributed by atoms with E-state index in [0.717, 1.165) is 16.0 Å². The third-order valence-corrected chi connectivity index (χ3v) is 5.54. The Morgan fingerprint density at radius 3 is 2.88 bits per heavy atom. The largest absolute Gasteiger partial charge is 0.460 e. The average Bonchev–Trinajstić information content (AvgIpc) is 3.16. The molecular weight excluding hydrogens is 326 g/mol. The number of aromatic nitrogens is 2. The fourth-order valence-corrected chi connectivity index (χ4v) is 3.95. The van der Waals surface area contributed by atoms with Gasteiger partial charge in [-0.15, -0.1) is 11.3 Å². The van der Waals surface area contributed by atoms with E-state index in [1.807, 2.05) is 31.6 Å². The van der Waals surface area contributed by atoms with Gasteiger partial charge in [0.15, 0.2) is 0 Å². The number of hydrogen-bond acceptors (Lipinski definition) is 5. The van der Waals surface area contributed by atoms with Crippen LogP contribution in [0.1, 0.15) is 34.9 Å². The molecule has 1 aliphatic rings. The molecule has 3 rings (SSSR count). The first-order valence-corrected chi connectivity index (χ1v) is 8.79. The predicted octanol–water partition coefficient (Wildman–Crippen LogP) is 2.44. The first kappa shape index (κ1) is 16.7. The van der Waals surface area contributed by atoms with E-state index in [9.17, 15) is 9.59 Å². The SMILES string of the molecule is Cc1ccsc1COC(=O)[C@@H]1CCC(=O)N(C)[C@@H]1c1cnn(C)c1. The van der Waals surface area contributed by atoms with Crippen LogP contribution in [0.2, 0.25) is 0 Å². The van der Waals surface area contributed by atoms with Crippen LogP contribution in [-0.2, 0) is 28.0 Å². The summed E-state index contributed by atoms with van der Waals surface area (Å²) in [5.74, 6) is -0.574. The summed E-state index contributed by atoms with van der Waals surface area (Å²) in [7, 11) is 3.56. The summed E-state index contributed by atoms with van der Waals surface area (Å²) in [6, 6.07) is 1.69. The van der Waals surface area contributed by atoms with Crippen LogP contribution < -0.4 is 0 Å². The van der Waals surface area contributed by atoms with Crippen LogP contribution in [0.25, 0.3) is 0 Å². The summed E-state index contributed by atoms with van der Waals surface area (Å²) in [5.41, 5.74) is 2.00. The number of nitrogens with zero attached hydrogens (tertiary/aromatic N) is 3. The van der Waals surface area contributed by atoms with Gasteiger partial charge in [0.2, 0.25) is 5.91 Å². The third-order valence-electron chi connectivity index (χ3n) is 4.54. The molecule has 0 N–H and O–H groups in total. The van der Waals surface area contributed by atoms with Crippen molar-refractivity contribution >= 4 is 23.2 Å². The van der Waals surface area contributed by atoms with Crippen LogP contribution >= 0.6 is 11.3 Å². The van der Waals surface area contributed by atoms with Gasteiger partial charge in [-0.05, 0) is 30.4 Å². The molecule has 1 aliphatic heterocycles. The molecule has 0 aliphatic carbocycles. The van der Waals surface area contributed by atoms with Gasteiger partial charge in [-0.25, -0.2) is 0 Å². The smallest absolute Gasteiger partial charge is 0.311 e. The molecular formula is C17H21N3O3S. The van der Waals surface area contributed by atoms with Crippen LogP contribution in [0.15, 0.2) is 23.8 Å². The minimum absolute atomic E-state index is 0.0435. The topological polar surface area (TPSA) is 64.4 Å². The van der Waals surface area contributed by atoms with Gasteiger partial charge < -0.3 is 9.64 Å². The lowest BCUT2D eigenvalue weighted by molar-refractivity contribution is -0.157. The van der Waals surface area contributed by atoms with Gasteiger partial charge in [-0.1, -0.05) is 0 Å². The van der Waals surface area contributed by atoms with E-state index in [1.54, 1.807) is 34.2 Å². The van der Waals surface area contributed by atoms with Crippen molar-refractivity contribution in [2.75, 3.05) is 7.05 Å². The fraction of sp³-hybridized carbons (Fsp3) is 0.471. The van der Waals surface area contributed by atoms with Crippen LogP contribution in [0.5, 0.6) is 0 Å². The molecule has 3 heterocycles. The monoisotopic (exact) mass is 347 g/mol. The Kier molecular flexibility index (Phi) is 4.71. The molecule has 128 valence electrons. The molecule has 2 aromatic heterocycles. The standard InChI is InChI=1S/C17H21N3O3S/c1-11-6-7-24-14(11)10-23-17(22)13-4-5-15(21)20(3)16(13)12-8-18-19(2)9-12/h6-9,13,16H,4-5,10H2,1-3H3/t13-,16-/m1/s1. The van der Waals surface area contributed by atoms with Crippen LogP contribution in [-0.4, -0.2) is 33.6 Å². The molecule has 7 heteroatoms. The molecule has 6 nitrogen and oxygen atoms in total. The summed E-state index contributed by atoms with van der Waals surface area (Å²) >= 11 is 1.58. The van der Waals surface area contributed by atoms with Crippen molar-refractivity contribution in [1.82, 2.24) is 14.7 Å². The number of aryl methyl sites for hydroxylation is 2. The highest BCUT2D eigenvalue weighted by atomic mass is 32.1. The van der Waals surface area contributed by atoms with Gasteiger partial charge in [0, 0.05) is 37.2 Å². The van der Waals surface area contributed by atoms with Crippen molar-refractivity contribution in [3.05, 3.63) is 39.8 Å². The van der Waals surface area contributed by atoms with Crippen LogP contribution in [0.4, 0.5) is 0 Å². The highest BCUT2D eigenvalue weighted by Crippen LogP contribution is 2.36. The van der Waals surface area contributed by atoms with Crippen molar-refractivity contribution < 1.29 is 14.3 Å². The fourth-order valence-electron chi connectivity index (χ4n) is 3.13. The Bertz CT molecular complexity index is 752. The molecule has 1 fully saturated rings. The van der Waals surface area contributed by atoms with Gasteiger partial charge in [-0.3, -0.25) is 14.3 Å². The van der Waals surface area contributed by atoms with Crippen molar-refractivity contribution in [2.24, 2.45) is 13.0 Å². The zero-order chi connectivity index (χ0) is 17.3. The lowest BCUT2D eigenvalue weighted by atomic mass is 9.86. The summed E-state index contributed by atoms with van der Waals surface area (Å²) in [5, 5.41) is 6.16. The van der Waals surface area contributed by atoms with E-state index in [1.165, 1.54) is 0 Å². The number of carbonyl (C=O) groups excluding carboxylic acids is 2. The molecule has 2 atom stereocenters. The number of carbonyl (C=O) groups is 2. The number of ether oxygens (including phenoxy) is 1. The van der Waals surface area contributed by atoms with E-state index in [2.05, 4.69) is 5.10 Å². The number of thiophene rings is 1. The molecule has 0 unspecified atom stereocenters. The van der Waals surface area contributed by atoms with E-state index in [0.29, 0.717) is 12.8 Å². The molecule has 0 aromatic carbocycles. The first-order chi connectivity index (χ1) is 11.5. The molecule has 0 spiro atoms. The molecule has 1 amide bonds. The van der Waals surface area contributed by atoms with E-state index < -0.39 is 0 Å². The lowest BCUT2D eigenvalue weighted by Crippen LogP contribution is -2.43. The molecule has 1 saturated heterocycles. The maximum Gasteiger partial charge on any atom is 0.311 e. The lowest BCUT2D eigenvalue weighted by Gasteiger charge is -2.37. The number of hydrogen-bond donors (Lipinski definition) is 0. The third kappa shape index (κ3) is 3.21. The maximum absolute atomic E-state index is 12.7. The van der Waals surface area contributed by atoms with Gasteiger partial charge in [-0.2, -0.15) is 5.10 Å². The Labute approximate surface area is 145 Å². The Morgan fingerprint density at radius 1 is 1.46 bits per heavy atom. The van der Waals surface area contributed by atoms with E-state index in [4.69, 9.17) is 4.74 Å². The highest BCUT2D eigenvalue weighted by molar-refractivity contribution is 7.10. The number of likely N-dealkylation sites (tertiary alicyclic amines) is 1. The van der Waals surface area contributed by atoms with Gasteiger partial charge in [0.1, 0.15) is 6.61 Å². The zero-order valence-corrected chi connectivity index (χ0v) is 14.9. The highest BCUT2D eigenvalue weighted by Gasteiger charge is 2.40. The van der Waals surface area contributed by atoms with Gasteiger partial charge in [0.25, 0.3) is 0 Å². The Hall–Kier alpha value is -2.15. The average molecular weight is 347 g/mol. The predicted molar refractivity (Wildman–Crippen MR) is 90.3 cm³/mol. The van der Waals surface area contributed by atoms with Crippen molar-refractivity contribution in [3.63, 3.8) is 0 Å². The second-order valence-corrected chi connectivity index (χ2v) is 7.18. The quantitative estimate of drug-likeness (QED) is 0.797. The second kappa shape index (κ2) is 6.76. The minimum Gasteiger partial charge on any atom is -0.460 e. The number of piperidine rings is 1. The van der Waals surface area contributed by atoms with E-state index >= 15 is 0 Å². The number of esters is 1. The van der Waals surface area contributed by atoms with Crippen molar-refractivity contribution in [3.8, 4) is 0 Å². The summed E-state index contributed by atoms with van der Waals surface area (Å²) in [6.45, 7) is 2.29. The molecule has 0 bridgehead atoms. The first-order valence-electron chi connectivity index (χ1n) is 7.91. The Balaban J connectivity index is 1.77. The van der Waals surface area contributed by atoms with E-state index in [-0.39, 0.29) is 30.4 Å². The Morgan fingerprint density at radius 2 is 2.25 bits per heavy atom. The maximum atomic E-state index is 12.7. The van der Waals surface area contributed by atoms with Gasteiger partial charge >= 0.3 is 5.97 Å². The number of amides is 1. The minimum atomic E-state index is -0.364. The molecule has 24 heavy (non-hydrogen) atoms. The van der Waals surface area contributed by atoms with Crippen LogP contribution in [0.3, 0.4) is 0 Å². The van der Waals surface area contributed by atoms with Crippen molar-refractivity contribution in [1.29, 1.82) is 0 Å². The second-order valence-electron chi connectivity index (χ2n) is 6.18. The summed E-state index contributed by atoms with van der Waals surface area (Å²) in [4.78, 5) is 27.5.